The van der Waals surface area contributed by atoms with Crippen LogP contribution in [0.25, 0.3) is 0 Å². The van der Waals surface area contributed by atoms with Crippen molar-refractivity contribution < 1.29 is 0 Å². The molecular formula is C11H22N2. The highest BCUT2D eigenvalue weighted by Crippen LogP contribution is 2.33. The summed E-state index contributed by atoms with van der Waals surface area (Å²) < 4.78 is 0. The van der Waals surface area contributed by atoms with E-state index in [1.54, 1.807) is 0 Å². The Morgan fingerprint density at radius 3 is 2.31 bits per heavy atom. The van der Waals surface area contributed by atoms with Crippen LogP contribution in [0, 0.1) is 5.41 Å². The molecule has 1 saturated carbocycles. The van der Waals surface area contributed by atoms with Crippen LogP contribution in [0.4, 0.5) is 0 Å². The SMILES string of the molecule is CCN(C)N=C1CCC(C)(C)CC1. The molecule has 0 heterocycles. The summed E-state index contributed by atoms with van der Waals surface area (Å²) in [5, 5.41) is 6.61. The lowest BCUT2D eigenvalue weighted by Crippen LogP contribution is -2.23. The minimum atomic E-state index is 0.545. The largest absolute Gasteiger partial charge is 0.300 e. The first-order chi connectivity index (χ1) is 6.03. The first-order valence-corrected chi connectivity index (χ1v) is 5.31. The van der Waals surface area contributed by atoms with E-state index in [4.69, 9.17) is 0 Å². The van der Waals surface area contributed by atoms with Crippen LogP contribution in [0.1, 0.15) is 46.5 Å². The molecule has 1 aliphatic carbocycles. The quantitative estimate of drug-likeness (QED) is 0.600. The van der Waals surface area contributed by atoms with Crippen LogP contribution in [0.15, 0.2) is 5.10 Å². The highest BCUT2D eigenvalue weighted by molar-refractivity contribution is 5.85. The van der Waals surface area contributed by atoms with Gasteiger partial charge in [-0.3, -0.25) is 0 Å². The molecule has 0 saturated heterocycles. The van der Waals surface area contributed by atoms with Crippen LogP contribution >= 0.6 is 0 Å². The first kappa shape index (κ1) is 10.6. The molecule has 2 nitrogen and oxygen atoms in total. The zero-order valence-electron chi connectivity index (χ0n) is 9.43. The molecule has 0 spiro atoms. The van der Waals surface area contributed by atoms with Crippen molar-refractivity contribution in [1.82, 2.24) is 5.01 Å². The summed E-state index contributed by atoms with van der Waals surface area (Å²) in [4.78, 5) is 0. The van der Waals surface area contributed by atoms with E-state index in [2.05, 4.69) is 25.9 Å². The van der Waals surface area contributed by atoms with Crippen molar-refractivity contribution in [3.05, 3.63) is 0 Å². The highest BCUT2D eigenvalue weighted by atomic mass is 15.4. The molecule has 1 aliphatic rings. The summed E-state index contributed by atoms with van der Waals surface area (Å²) in [7, 11) is 2.05. The van der Waals surface area contributed by atoms with E-state index in [1.165, 1.54) is 31.4 Å². The molecule has 0 amide bonds. The second-order valence-corrected chi connectivity index (χ2v) is 4.80. The van der Waals surface area contributed by atoms with E-state index in [1.807, 2.05) is 12.1 Å². The minimum absolute atomic E-state index is 0.545. The molecule has 0 aliphatic heterocycles. The molecule has 0 aromatic rings. The summed E-state index contributed by atoms with van der Waals surface area (Å²) >= 11 is 0. The Kier molecular flexibility index (Phi) is 3.34. The van der Waals surface area contributed by atoms with Gasteiger partial charge in [-0.1, -0.05) is 13.8 Å². The molecule has 1 rings (SSSR count). The van der Waals surface area contributed by atoms with Crippen molar-refractivity contribution in [2.45, 2.75) is 46.5 Å². The number of rotatable bonds is 2. The van der Waals surface area contributed by atoms with Crippen LogP contribution < -0.4 is 0 Å². The Morgan fingerprint density at radius 1 is 1.31 bits per heavy atom. The Hall–Kier alpha value is -0.530. The van der Waals surface area contributed by atoms with Gasteiger partial charge in [-0.15, -0.1) is 0 Å². The van der Waals surface area contributed by atoms with Gasteiger partial charge in [0.2, 0.25) is 0 Å². The van der Waals surface area contributed by atoms with Crippen molar-refractivity contribution in [2.24, 2.45) is 10.5 Å². The average Bonchev–Trinajstić information content (AvgIpc) is 2.08. The molecule has 13 heavy (non-hydrogen) atoms. The third-order valence-electron chi connectivity index (χ3n) is 2.95. The van der Waals surface area contributed by atoms with Gasteiger partial charge < -0.3 is 5.01 Å². The Balaban J connectivity index is 2.45. The Bertz CT molecular complexity index is 182. The standard InChI is InChI=1S/C11H22N2/c1-5-13(4)12-10-6-8-11(2,3)9-7-10/h5-9H2,1-4H3. The van der Waals surface area contributed by atoms with Gasteiger partial charge in [-0.2, -0.15) is 5.10 Å². The third-order valence-corrected chi connectivity index (χ3v) is 2.95. The molecule has 1 fully saturated rings. The van der Waals surface area contributed by atoms with Gasteiger partial charge in [0.1, 0.15) is 0 Å². The fraction of sp³-hybridized carbons (Fsp3) is 0.909. The van der Waals surface area contributed by atoms with Crippen molar-refractivity contribution in [3.8, 4) is 0 Å². The van der Waals surface area contributed by atoms with Crippen molar-refractivity contribution in [3.63, 3.8) is 0 Å². The molecule has 0 aromatic heterocycles. The van der Waals surface area contributed by atoms with E-state index in [9.17, 15) is 0 Å². The molecule has 2 heteroatoms. The van der Waals surface area contributed by atoms with E-state index in [0.29, 0.717) is 5.41 Å². The second-order valence-electron chi connectivity index (χ2n) is 4.80. The van der Waals surface area contributed by atoms with Crippen LogP contribution in [0.3, 0.4) is 0 Å². The molecular weight excluding hydrogens is 160 g/mol. The van der Waals surface area contributed by atoms with Crippen molar-refractivity contribution >= 4 is 5.71 Å². The summed E-state index contributed by atoms with van der Waals surface area (Å²) in [6.45, 7) is 7.85. The van der Waals surface area contributed by atoms with Gasteiger partial charge >= 0.3 is 0 Å². The number of nitrogens with zero attached hydrogens (tertiary/aromatic N) is 2. The van der Waals surface area contributed by atoms with Gasteiger partial charge in [-0.05, 0) is 38.0 Å². The number of hydrogen-bond acceptors (Lipinski definition) is 2. The van der Waals surface area contributed by atoms with Gasteiger partial charge in [0.25, 0.3) is 0 Å². The fourth-order valence-corrected chi connectivity index (χ4v) is 1.63. The van der Waals surface area contributed by atoms with Crippen LogP contribution in [-0.2, 0) is 0 Å². The second kappa shape index (κ2) is 4.12. The predicted molar refractivity (Wildman–Crippen MR) is 58.0 cm³/mol. The zero-order chi connectivity index (χ0) is 9.90. The highest BCUT2D eigenvalue weighted by Gasteiger charge is 2.24. The maximum atomic E-state index is 4.57. The molecule has 0 N–H and O–H groups in total. The summed E-state index contributed by atoms with van der Waals surface area (Å²) in [5.41, 5.74) is 1.94. The maximum Gasteiger partial charge on any atom is 0.0381 e. The van der Waals surface area contributed by atoms with E-state index < -0.39 is 0 Å². The minimum Gasteiger partial charge on any atom is -0.300 e. The summed E-state index contributed by atoms with van der Waals surface area (Å²) in [6, 6.07) is 0. The van der Waals surface area contributed by atoms with Crippen molar-refractivity contribution in [2.75, 3.05) is 13.6 Å². The van der Waals surface area contributed by atoms with E-state index in [0.717, 1.165) is 6.54 Å². The maximum absolute atomic E-state index is 4.57. The number of hydrogen-bond donors (Lipinski definition) is 0. The van der Waals surface area contributed by atoms with Gasteiger partial charge in [0.05, 0.1) is 0 Å². The molecule has 0 radical (unpaired) electrons. The topological polar surface area (TPSA) is 15.6 Å². The van der Waals surface area contributed by atoms with Crippen molar-refractivity contribution in [1.29, 1.82) is 0 Å². The monoisotopic (exact) mass is 182 g/mol. The predicted octanol–water partition coefficient (Wildman–Crippen LogP) is 2.89. The lowest BCUT2D eigenvalue weighted by atomic mass is 9.77. The Labute approximate surface area is 82.0 Å². The normalized spacial score (nSPS) is 21.4. The first-order valence-electron chi connectivity index (χ1n) is 5.31. The average molecular weight is 182 g/mol. The molecule has 0 atom stereocenters. The third kappa shape index (κ3) is 3.37. The molecule has 0 aromatic carbocycles. The molecule has 0 bridgehead atoms. The summed E-state index contributed by atoms with van der Waals surface area (Å²) in [6.07, 6.45) is 4.97. The fourth-order valence-electron chi connectivity index (χ4n) is 1.63. The van der Waals surface area contributed by atoms with Crippen LogP contribution in [0.5, 0.6) is 0 Å². The lowest BCUT2D eigenvalue weighted by Gasteiger charge is -2.30. The van der Waals surface area contributed by atoms with E-state index in [-0.39, 0.29) is 0 Å². The van der Waals surface area contributed by atoms with Gasteiger partial charge in [0.15, 0.2) is 0 Å². The van der Waals surface area contributed by atoms with Crippen LogP contribution in [0.2, 0.25) is 0 Å². The number of hydrazone groups is 1. The zero-order valence-corrected chi connectivity index (χ0v) is 9.43. The molecule has 0 unspecified atom stereocenters. The smallest absolute Gasteiger partial charge is 0.0381 e. The Morgan fingerprint density at radius 2 is 1.85 bits per heavy atom. The lowest BCUT2D eigenvalue weighted by molar-refractivity contribution is 0.294. The summed E-state index contributed by atoms with van der Waals surface area (Å²) in [5.74, 6) is 0. The van der Waals surface area contributed by atoms with Crippen LogP contribution in [-0.4, -0.2) is 24.3 Å². The van der Waals surface area contributed by atoms with E-state index >= 15 is 0 Å². The molecule has 76 valence electrons. The van der Waals surface area contributed by atoms with Gasteiger partial charge in [0, 0.05) is 19.3 Å². The van der Waals surface area contributed by atoms with Gasteiger partial charge in [-0.25, -0.2) is 0 Å².